The molecule has 0 aromatic carbocycles. The minimum Gasteiger partial charge on any atom is -0.462 e. The zero-order chi connectivity index (χ0) is 14.3. The summed E-state index contributed by atoms with van der Waals surface area (Å²) in [7, 11) is 0. The van der Waals surface area contributed by atoms with Crippen LogP contribution < -0.4 is 5.32 Å². The maximum atomic E-state index is 11.8. The second kappa shape index (κ2) is 7.77. The van der Waals surface area contributed by atoms with Crippen molar-refractivity contribution >= 4 is 11.8 Å². The van der Waals surface area contributed by atoms with Crippen LogP contribution in [0.4, 0.5) is 5.82 Å². The van der Waals surface area contributed by atoms with Crippen LogP contribution in [0.5, 0.6) is 0 Å². The second-order valence-electron chi connectivity index (χ2n) is 5.14. The Hall–Kier alpha value is -1.58. The fraction of sp³-hybridized carbons (Fsp3) is 0.600. The highest BCUT2D eigenvalue weighted by atomic mass is 16.5. The molecule has 0 radical (unpaired) electrons. The molecule has 0 saturated carbocycles. The summed E-state index contributed by atoms with van der Waals surface area (Å²) in [6.07, 6.45) is 3.88. The molecule has 0 spiro atoms. The highest BCUT2D eigenvalue weighted by molar-refractivity contribution is 5.94. The normalized spacial score (nSPS) is 12.3. The smallest absolute Gasteiger partial charge is 0.341 e. The largest absolute Gasteiger partial charge is 0.462 e. The van der Waals surface area contributed by atoms with Crippen LogP contribution >= 0.6 is 0 Å². The molecule has 1 N–H and O–H groups in total. The van der Waals surface area contributed by atoms with Gasteiger partial charge in [-0.15, -0.1) is 0 Å². The number of aromatic nitrogens is 1. The van der Waals surface area contributed by atoms with Crippen molar-refractivity contribution in [2.75, 3.05) is 11.9 Å². The van der Waals surface area contributed by atoms with E-state index in [1.807, 2.05) is 0 Å². The average Bonchev–Trinajstić information content (AvgIpc) is 2.37. The molecule has 1 rings (SSSR count). The number of anilines is 1. The van der Waals surface area contributed by atoms with Crippen molar-refractivity contribution < 1.29 is 9.53 Å². The number of hydrogen-bond donors (Lipinski definition) is 1. The van der Waals surface area contributed by atoms with Crippen molar-refractivity contribution in [3.05, 3.63) is 23.9 Å². The van der Waals surface area contributed by atoms with Crippen LogP contribution in [0, 0.1) is 5.92 Å². The van der Waals surface area contributed by atoms with Crippen molar-refractivity contribution in [1.82, 2.24) is 4.98 Å². The number of carbonyl (C=O) groups excluding carboxylic acids is 1. The maximum absolute atomic E-state index is 11.8. The molecule has 0 saturated heterocycles. The van der Waals surface area contributed by atoms with Gasteiger partial charge in [0.2, 0.25) is 0 Å². The van der Waals surface area contributed by atoms with Crippen molar-refractivity contribution in [1.29, 1.82) is 0 Å². The molecule has 106 valence electrons. The molecule has 0 aliphatic carbocycles. The third kappa shape index (κ3) is 5.28. The third-order valence-electron chi connectivity index (χ3n) is 2.86. The van der Waals surface area contributed by atoms with E-state index in [1.165, 1.54) is 0 Å². The van der Waals surface area contributed by atoms with Crippen LogP contribution in [0.15, 0.2) is 18.3 Å². The lowest BCUT2D eigenvalue weighted by molar-refractivity contribution is 0.0527. The van der Waals surface area contributed by atoms with Gasteiger partial charge in [0.1, 0.15) is 11.4 Å². The van der Waals surface area contributed by atoms with Crippen LogP contribution in [0.2, 0.25) is 0 Å². The van der Waals surface area contributed by atoms with Gasteiger partial charge in [0, 0.05) is 12.2 Å². The van der Waals surface area contributed by atoms with E-state index in [-0.39, 0.29) is 12.0 Å². The van der Waals surface area contributed by atoms with Gasteiger partial charge in [-0.3, -0.25) is 0 Å². The first-order valence-corrected chi connectivity index (χ1v) is 6.93. The Labute approximate surface area is 115 Å². The van der Waals surface area contributed by atoms with Crippen molar-refractivity contribution in [3.8, 4) is 0 Å². The number of carbonyl (C=O) groups is 1. The Bertz CT molecular complexity index is 405. The predicted molar refractivity (Wildman–Crippen MR) is 77.4 cm³/mol. The van der Waals surface area contributed by atoms with Crippen LogP contribution in [0.3, 0.4) is 0 Å². The average molecular weight is 264 g/mol. The summed E-state index contributed by atoms with van der Waals surface area (Å²) in [6, 6.07) is 3.77. The first-order chi connectivity index (χ1) is 9.04. The third-order valence-corrected chi connectivity index (χ3v) is 2.86. The topological polar surface area (TPSA) is 51.2 Å². The molecule has 1 heterocycles. The maximum Gasteiger partial charge on any atom is 0.341 e. The van der Waals surface area contributed by atoms with E-state index in [4.69, 9.17) is 4.74 Å². The summed E-state index contributed by atoms with van der Waals surface area (Å²) in [5, 5.41) is 3.29. The highest BCUT2D eigenvalue weighted by Gasteiger charge is 2.14. The first kappa shape index (κ1) is 15.5. The molecule has 0 bridgehead atoms. The lowest BCUT2D eigenvalue weighted by atomic mass is 10.0. The number of hydrogen-bond acceptors (Lipinski definition) is 4. The fourth-order valence-electron chi connectivity index (χ4n) is 1.78. The zero-order valence-corrected chi connectivity index (χ0v) is 12.3. The van der Waals surface area contributed by atoms with E-state index in [0.29, 0.717) is 23.9 Å². The van der Waals surface area contributed by atoms with Gasteiger partial charge in [-0.05, 0) is 44.7 Å². The SMILES string of the molecule is CCOC(=O)c1cccnc1NC(C)CCC(C)C. The van der Waals surface area contributed by atoms with E-state index in [0.717, 1.165) is 12.8 Å². The number of nitrogens with zero attached hydrogens (tertiary/aromatic N) is 1. The molecule has 1 aromatic heterocycles. The number of pyridine rings is 1. The van der Waals surface area contributed by atoms with Crippen molar-refractivity contribution in [3.63, 3.8) is 0 Å². The van der Waals surface area contributed by atoms with Gasteiger partial charge in [0.25, 0.3) is 0 Å². The summed E-state index contributed by atoms with van der Waals surface area (Å²) in [4.78, 5) is 16.0. The second-order valence-corrected chi connectivity index (χ2v) is 5.14. The van der Waals surface area contributed by atoms with E-state index < -0.39 is 0 Å². The molecule has 0 aliphatic heterocycles. The van der Waals surface area contributed by atoms with E-state index >= 15 is 0 Å². The van der Waals surface area contributed by atoms with Crippen LogP contribution in [0.1, 0.15) is 50.9 Å². The fourth-order valence-corrected chi connectivity index (χ4v) is 1.78. The van der Waals surface area contributed by atoms with Crippen molar-refractivity contribution in [2.24, 2.45) is 5.92 Å². The molecule has 1 atom stereocenters. The summed E-state index contributed by atoms with van der Waals surface area (Å²) in [5.41, 5.74) is 0.501. The van der Waals surface area contributed by atoms with Crippen molar-refractivity contribution in [2.45, 2.75) is 46.6 Å². The standard InChI is InChI=1S/C15H24N2O2/c1-5-19-15(18)13-7-6-10-16-14(13)17-12(4)9-8-11(2)3/h6-7,10-12H,5,8-9H2,1-4H3,(H,16,17). The summed E-state index contributed by atoms with van der Waals surface area (Å²) < 4.78 is 5.03. The highest BCUT2D eigenvalue weighted by Crippen LogP contribution is 2.16. The Kier molecular flexibility index (Phi) is 6.33. The predicted octanol–water partition coefficient (Wildman–Crippen LogP) is 3.49. The van der Waals surface area contributed by atoms with Crippen LogP contribution in [0.25, 0.3) is 0 Å². The number of ether oxygens (including phenoxy) is 1. The molecule has 0 fully saturated rings. The minimum absolute atomic E-state index is 0.283. The Morgan fingerprint density at radius 3 is 2.74 bits per heavy atom. The number of nitrogens with one attached hydrogen (secondary N) is 1. The van der Waals surface area contributed by atoms with E-state index in [1.54, 1.807) is 25.3 Å². The summed E-state index contributed by atoms with van der Waals surface area (Å²) >= 11 is 0. The molecular weight excluding hydrogens is 240 g/mol. The van der Waals surface area contributed by atoms with Gasteiger partial charge < -0.3 is 10.1 Å². The van der Waals surface area contributed by atoms with Gasteiger partial charge in [-0.2, -0.15) is 0 Å². The Morgan fingerprint density at radius 2 is 2.11 bits per heavy atom. The molecule has 0 aliphatic rings. The first-order valence-electron chi connectivity index (χ1n) is 6.93. The molecule has 4 nitrogen and oxygen atoms in total. The van der Waals surface area contributed by atoms with Crippen LogP contribution in [-0.2, 0) is 4.74 Å². The molecule has 4 heteroatoms. The van der Waals surface area contributed by atoms with Gasteiger partial charge >= 0.3 is 5.97 Å². The van der Waals surface area contributed by atoms with E-state index in [9.17, 15) is 4.79 Å². The molecular formula is C15H24N2O2. The van der Waals surface area contributed by atoms with E-state index in [2.05, 4.69) is 31.1 Å². The Balaban J connectivity index is 2.69. The molecule has 19 heavy (non-hydrogen) atoms. The molecule has 0 amide bonds. The summed E-state index contributed by atoms with van der Waals surface area (Å²) in [5.74, 6) is 0.962. The molecule has 1 aromatic rings. The lowest BCUT2D eigenvalue weighted by Crippen LogP contribution is -2.19. The van der Waals surface area contributed by atoms with Crippen LogP contribution in [-0.4, -0.2) is 23.6 Å². The summed E-state index contributed by atoms with van der Waals surface area (Å²) in [6.45, 7) is 8.68. The van der Waals surface area contributed by atoms with Gasteiger partial charge in [-0.25, -0.2) is 9.78 Å². The number of esters is 1. The monoisotopic (exact) mass is 264 g/mol. The van der Waals surface area contributed by atoms with Gasteiger partial charge in [-0.1, -0.05) is 13.8 Å². The minimum atomic E-state index is -0.325. The Morgan fingerprint density at radius 1 is 1.37 bits per heavy atom. The van der Waals surface area contributed by atoms with Gasteiger partial charge in [0.05, 0.1) is 6.61 Å². The molecule has 1 unspecified atom stereocenters. The van der Waals surface area contributed by atoms with Gasteiger partial charge in [0.15, 0.2) is 0 Å². The lowest BCUT2D eigenvalue weighted by Gasteiger charge is -2.17. The zero-order valence-electron chi connectivity index (χ0n) is 12.3. The quantitative estimate of drug-likeness (QED) is 0.766. The number of rotatable bonds is 7.